The van der Waals surface area contributed by atoms with E-state index in [0.29, 0.717) is 15.1 Å². The SMILES string of the molecule is N#Cc1cc(Nc2nc[nH]c(=O)c2I)ccc1F. The van der Waals surface area contributed by atoms with Gasteiger partial charge >= 0.3 is 0 Å². The van der Waals surface area contributed by atoms with Crippen LogP contribution in [0.1, 0.15) is 5.56 Å². The highest BCUT2D eigenvalue weighted by Gasteiger charge is 2.07. The smallest absolute Gasteiger partial charge is 0.266 e. The Balaban J connectivity index is 2.38. The van der Waals surface area contributed by atoms with Crippen LogP contribution < -0.4 is 10.9 Å². The second-order valence-electron chi connectivity index (χ2n) is 3.33. The number of rotatable bonds is 2. The maximum atomic E-state index is 13.1. The number of hydrogen-bond donors (Lipinski definition) is 2. The van der Waals surface area contributed by atoms with Gasteiger partial charge in [-0.3, -0.25) is 4.79 Å². The van der Waals surface area contributed by atoms with Gasteiger partial charge in [0.25, 0.3) is 5.56 Å². The average molecular weight is 356 g/mol. The van der Waals surface area contributed by atoms with Crippen molar-refractivity contribution in [3.8, 4) is 6.07 Å². The summed E-state index contributed by atoms with van der Waals surface area (Å²) >= 11 is 1.85. The lowest BCUT2D eigenvalue weighted by atomic mass is 10.2. The largest absolute Gasteiger partial charge is 0.339 e. The van der Waals surface area contributed by atoms with Crippen molar-refractivity contribution < 1.29 is 4.39 Å². The van der Waals surface area contributed by atoms with Crippen LogP contribution in [0.5, 0.6) is 0 Å². The summed E-state index contributed by atoms with van der Waals surface area (Å²) in [4.78, 5) is 17.7. The minimum Gasteiger partial charge on any atom is -0.339 e. The van der Waals surface area contributed by atoms with Crippen LogP contribution in [0.4, 0.5) is 15.9 Å². The maximum absolute atomic E-state index is 13.1. The number of hydrogen-bond acceptors (Lipinski definition) is 4. The molecule has 1 heterocycles. The van der Waals surface area contributed by atoms with Gasteiger partial charge in [-0.05, 0) is 40.8 Å². The van der Waals surface area contributed by atoms with Gasteiger partial charge in [0.1, 0.15) is 15.5 Å². The van der Waals surface area contributed by atoms with Gasteiger partial charge in [-0.25, -0.2) is 9.37 Å². The first kappa shape index (κ1) is 12.5. The number of nitrogens with one attached hydrogen (secondary N) is 2. The number of aromatic nitrogens is 2. The van der Waals surface area contributed by atoms with E-state index in [9.17, 15) is 9.18 Å². The van der Waals surface area contributed by atoms with Crippen LogP contribution in [-0.2, 0) is 0 Å². The van der Waals surface area contributed by atoms with E-state index in [2.05, 4.69) is 15.3 Å². The van der Waals surface area contributed by atoms with Crippen LogP contribution in [0.3, 0.4) is 0 Å². The zero-order chi connectivity index (χ0) is 13.1. The van der Waals surface area contributed by atoms with Gasteiger partial charge in [0.15, 0.2) is 5.82 Å². The third-order valence-corrected chi connectivity index (χ3v) is 3.15. The summed E-state index contributed by atoms with van der Waals surface area (Å²) in [6.07, 6.45) is 1.27. The molecule has 18 heavy (non-hydrogen) atoms. The summed E-state index contributed by atoms with van der Waals surface area (Å²) in [6.45, 7) is 0. The quantitative estimate of drug-likeness (QED) is 0.808. The Morgan fingerprint density at radius 3 is 3.00 bits per heavy atom. The standard InChI is InChI=1S/C11H6FIN4O/c12-8-2-1-7(3-6(8)4-14)17-10-9(13)11(18)16-5-15-10/h1-3,5H,(H2,15,16,17,18). The number of halogens is 2. The number of benzene rings is 1. The van der Waals surface area contributed by atoms with Gasteiger partial charge < -0.3 is 10.3 Å². The van der Waals surface area contributed by atoms with Crippen LogP contribution in [0.25, 0.3) is 0 Å². The molecule has 2 aromatic rings. The van der Waals surface area contributed by atoms with Gasteiger partial charge in [0.05, 0.1) is 11.9 Å². The van der Waals surface area contributed by atoms with E-state index >= 15 is 0 Å². The summed E-state index contributed by atoms with van der Waals surface area (Å²) in [6, 6.07) is 5.75. The molecule has 0 spiro atoms. The predicted molar refractivity (Wildman–Crippen MR) is 72.0 cm³/mol. The molecule has 0 aliphatic carbocycles. The highest BCUT2D eigenvalue weighted by molar-refractivity contribution is 14.1. The molecule has 0 amide bonds. The fourth-order valence-corrected chi connectivity index (χ4v) is 1.73. The van der Waals surface area contributed by atoms with Crippen molar-refractivity contribution in [2.75, 3.05) is 5.32 Å². The molecule has 0 atom stereocenters. The molecule has 0 aliphatic rings. The molecule has 1 aromatic heterocycles. The number of H-pyrrole nitrogens is 1. The van der Waals surface area contributed by atoms with E-state index in [1.54, 1.807) is 6.07 Å². The molecule has 90 valence electrons. The zero-order valence-electron chi connectivity index (χ0n) is 8.87. The molecular weight excluding hydrogens is 350 g/mol. The third-order valence-electron chi connectivity index (χ3n) is 2.15. The Labute approximate surface area is 115 Å². The van der Waals surface area contributed by atoms with Gasteiger partial charge in [0.2, 0.25) is 0 Å². The molecule has 0 fully saturated rings. The van der Waals surface area contributed by atoms with E-state index in [0.717, 1.165) is 0 Å². The van der Waals surface area contributed by atoms with E-state index < -0.39 is 5.82 Å². The molecule has 0 radical (unpaired) electrons. The zero-order valence-corrected chi connectivity index (χ0v) is 11.0. The third kappa shape index (κ3) is 2.48. The van der Waals surface area contributed by atoms with Crippen molar-refractivity contribution in [3.05, 3.63) is 49.8 Å². The van der Waals surface area contributed by atoms with Crippen molar-refractivity contribution in [1.29, 1.82) is 5.26 Å². The van der Waals surface area contributed by atoms with E-state index in [-0.39, 0.29) is 11.1 Å². The second kappa shape index (κ2) is 5.14. The Bertz CT molecular complexity index is 692. The number of anilines is 2. The number of aromatic amines is 1. The summed E-state index contributed by atoms with van der Waals surface area (Å²) < 4.78 is 13.5. The molecule has 0 aliphatic heterocycles. The normalized spacial score (nSPS) is 9.83. The molecule has 0 saturated carbocycles. The Morgan fingerprint density at radius 2 is 2.28 bits per heavy atom. The van der Waals surface area contributed by atoms with E-state index in [1.807, 2.05) is 22.6 Å². The first-order chi connectivity index (χ1) is 8.61. The topological polar surface area (TPSA) is 81.6 Å². The lowest BCUT2D eigenvalue weighted by molar-refractivity contribution is 0.624. The lowest BCUT2D eigenvalue weighted by Gasteiger charge is -2.07. The summed E-state index contributed by atoms with van der Waals surface area (Å²) in [5.74, 6) is -0.230. The van der Waals surface area contributed by atoms with Gasteiger partial charge in [-0.1, -0.05) is 0 Å². The van der Waals surface area contributed by atoms with Crippen molar-refractivity contribution >= 4 is 34.1 Å². The predicted octanol–water partition coefficient (Wildman–Crippen LogP) is 2.13. The molecule has 2 rings (SSSR count). The molecule has 1 aromatic carbocycles. The van der Waals surface area contributed by atoms with Gasteiger partial charge in [-0.2, -0.15) is 5.26 Å². The van der Waals surface area contributed by atoms with Crippen molar-refractivity contribution in [3.63, 3.8) is 0 Å². The van der Waals surface area contributed by atoms with Crippen molar-refractivity contribution in [1.82, 2.24) is 9.97 Å². The highest BCUT2D eigenvalue weighted by Crippen LogP contribution is 2.19. The lowest BCUT2D eigenvalue weighted by Crippen LogP contribution is -2.12. The van der Waals surface area contributed by atoms with E-state index in [4.69, 9.17) is 5.26 Å². The summed E-state index contributed by atoms with van der Waals surface area (Å²) in [5, 5.41) is 11.6. The minimum absolute atomic E-state index is 0.0696. The number of nitrogens with zero attached hydrogens (tertiary/aromatic N) is 2. The first-order valence-electron chi connectivity index (χ1n) is 4.81. The highest BCUT2D eigenvalue weighted by atomic mass is 127. The molecule has 7 heteroatoms. The second-order valence-corrected chi connectivity index (χ2v) is 4.40. The Hall–Kier alpha value is -1.95. The monoisotopic (exact) mass is 356 g/mol. The van der Waals surface area contributed by atoms with Crippen LogP contribution in [0, 0.1) is 20.7 Å². The van der Waals surface area contributed by atoms with E-state index in [1.165, 1.54) is 24.5 Å². The Morgan fingerprint density at radius 1 is 1.50 bits per heavy atom. The fourth-order valence-electron chi connectivity index (χ4n) is 1.30. The molecule has 2 N–H and O–H groups in total. The van der Waals surface area contributed by atoms with Gasteiger partial charge in [-0.15, -0.1) is 0 Å². The molecule has 0 saturated heterocycles. The number of nitriles is 1. The molecule has 0 bridgehead atoms. The van der Waals surface area contributed by atoms with Crippen LogP contribution >= 0.6 is 22.6 Å². The van der Waals surface area contributed by atoms with Crippen LogP contribution in [-0.4, -0.2) is 9.97 Å². The Kier molecular flexibility index (Phi) is 3.57. The van der Waals surface area contributed by atoms with Crippen molar-refractivity contribution in [2.24, 2.45) is 0 Å². The van der Waals surface area contributed by atoms with Crippen LogP contribution in [0.15, 0.2) is 29.3 Å². The van der Waals surface area contributed by atoms with Crippen LogP contribution in [0.2, 0.25) is 0 Å². The van der Waals surface area contributed by atoms with Crippen molar-refractivity contribution in [2.45, 2.75) is 0 Å². The average Bonchev–Trinajstić information content (AvgIpc) is 2.37. The molecular formula is C11H6FIN4O. The first-order valence-corrected chi connectivity index (χ1v) is 5.89. The molecule has 0 unspecified atom stereocenters. The maximum Gasteiger partial charge on any atom is 0.266 e. The fraction of sp³-hybridized carbons (Fsp3) is 0. The minimum atomic E-state index is -0.586. The summed E-state index contributed by atoms with van der Waals surface area (Å²) in [7, 11) is 0. The summed E-state index contributed by atoms with van der Waals surface area (Å²) in [5.41, 5.74) is 0.152. The molecule has 5 nitrogen and oxygen atoms in total. The van der Waals surface area contributed by atoms with Gasteiger partial charge in [0, 0.05) is 5.69 Å².